The lowest BCUT2D eigenvalue weighted by Crippen LogP contribution is -2.48. The number of methoxy groups -OCH3 is 2. The Morgan fingerprint density at radius 1 is 0.469 bits per heavy atom. The Kier molecular flexibility index (Phi) is 19.0. The van der Waals surface area contributed by atoms with E-state index in [1.54, 1.807) is 31.9 Å². The van der Waals surface area contributed by atoms with Crippen molar-refractivity contribution in [1.29, 1.82) is 0 Å². The standard InChI is InChI=1S/C28H30N6.C26H31N7O2.C22H21N5O2/c1-20(2)32-15-17-33(18-16-32)24-6-4-23(5-7-24)31-26-9-10-27(34-14-13-30-28(26)34)22-3-8-25-21(19-22)11-12-29-25;1-18(2)31-13-15-32(16-14-31)20-7-5-19(6-8-20)29-22-9-10-23(33-12-11-27-24(22)33)21-17-28-26(35-4)30-25(21)34-3;28-21-8-1-16(15-24-21)20-7-6-19(22-23-9-10-27(20)22)25-17-2-4-18(5-3-17)26-11-13-29-14-12-26/h3-14,19-20,29,31H,15-18H2,1-2H3;5-12,17-18,29H,13-16H2,1-4H3;1-10,15,25H,11-14H2,(H,24,28). The summed E-state index contributed by atoms with van der Waals surface area (Å²) in [5.74, 6) is 0.442. The third-order valence-electron chi connectivity index (χ3n) is 18.6. The first-order valence-electron chi connectivity index (χ1n) is 33.5. The molecule has 500 valence electrons. The van der Waals surface area contributed by atoms with Gasteiger partial charge >= 0.3 is 6.01 Å². The van der Waals surface area contributed by atoms with Crippen LogP contribution in [-0.2, 0) is 4.74 Å². The van der Waals surface area contributed by atoms with Gasteiger partial charge < -0.3 is 54.8 Å². The van der Waals surface area contributed by atoms with Crippen LogP contribution in [0.4, 0.5) is 51.2 Å². The number of hydrogen-bond donors (Lipinski definition) is 5. The number of aromatic nitrogens is 10. The Morgan fingerprint density at radius 3 is 1.39 bits per heavy atom. The number of nitrogens with one attached hydrogen (secondary N) is 5. The predicted octanol–water partition coefficient (Wildman–Crippen LogP) is 13.1. The number of rotatable bonds is 16. The summed E-state index contributed by atoms with van der Waals surface area (Å²) in [6, 6.07) is 51.6. The monoisotopic (exact) mass is 1310 g/mol. The maximum absolute atomic E-state index is 11.4. The molecule has 0 amide bonds. The number of pyridine rings is 4. The summed E-state index contributed by atoms with van der Waals surface area (Å²) in [5, 5.41) is 11.8. The third kappa shape index (κ3) is 14.1. The van der Waals surface area contributed by atoms with Gasteiger partial charge in [0.05, 0.1) is 67.1 Å². The summed E-state index contributed by atoms with van der Waals surface area (Å²) < 4.78 is 22.2. The van der Waals surface area contributed by atoms with Gasteiger partial charge in [-0.25, -0.2) is 19.9 Å². The molecule has 13 aromatic rings. The van der Waals surface area contributed by atoms with Gasteiger partial charge in [0.15, 0.2) is 16.9 Å². The molecule has 22 nitrogen and oxygen atoms in total. The molecule has 9 aromatic heterocycles. The predicted molar refractivity (Wildman–Crippen MR) is 393 cm³/mol. The second-order valence-electron chi connectivity index (χ2n) is 25.1. The Morgan fingerprint density at radius 2 is 0.929 bits per heavy atom. The van der Waals surface area contributed by atoms with Crippen LogP contribution in [0.3, 0.4) is 0 Å². The summed E-state index contributed by atoms with van der Waals surface area (Å²) in [7, 11) is 3.11. The number of morpholine rings is 1. The molecule has 0 saturated carbocycles. The van der Waals surface area contributed by atoms with Gasteiger partial charge in [-0.2, -0.15) is 4.98 Å². The molecule has 5 N–H and O–H groups in total. The van der Waals surface area contributed by atoms with Crippen LogP contribution in [0.2, 0.25) is 0 Å². The molecule has 3 aliphatic heterocycles. The van der Waals surface area contributed by atoms with Gasteiger partial charge in [0.2, 0.25) is 11.4 Å². The molecule has 22 heteroatoms. The fourth-order valence-corrected chi connectivity index (χ4v) is 13.1. The molecule has 0 bridgehead atoms. The number of benzene rings is 4. The Bertz CT molecular complexity index is 4860. The average molecular weight is 1310 g/mol. The maximum Gasteiger partial charge on any atom is 0.319 e. The Labute approximate surface area is 569 Å². The summed E-state index contributed by atoms with van der Waals surface area (Å²) in [5.41, 5.74) is 19.0. The zero-order chi connectivity index (χ0) is 67.1. The first kappa shape index (κ1) is 64.2. The lowest BCUT2D eigenvalue weighted by Gasteiger charge is -2.38. The first-order valence-corrected chi connectivity index (χ1v) is 33.5. The average Bonchev–Trinajstić information content (AvgIpc) is 1.39. The fourth-order valence-electron chi connectivity index (χ4n) is 13.1. The molecule has 0 spiro atoms. The van der Waals surface area contributed by atoms with Crippen molar-refractivity contribution < 1.29 is 14.2 Å². The van der Waals surface area contributed by atoms with Crippen molar-refractivity contribution in [2.75, 3.05) is 124 Å². The molecule has 3 aliphatic rings. The van der Waals surface area contributed by atoms with Crippen molar-refractivity contribution in [1.82, 2.24) is 57.9 Å². The van der Waals surface area contributed by atoms with Crippen LogP contribution in [0, 0.1) is 0 Å². The SMILES string of the molecule is CC(C)N1CCN(c2ccc(Nc3ccc(-c4ccc5[nH]ccc5c4)n4ccnc34)cc2)CC1.COc1ncc(-c2ccc(Nc3ccc(N4CCN(C(C)C)CC4)cc3)c3nccn23)c(OC)n1.O=c1ccc(-c2ccc(Nc3ccc(N4CCOCC4)cc3)c3nccn23)c[nH]1. The lowest BCUT2D eigenvalue weighted by molar-refractivity contribution is 0.122. The first-order chi connectivity index (χ1) is 48.0. The van der Waals surface area contributed by atoms with Crippen LogP contribution in [0.5, 0.6) is 11.9 Å². The van der Waals surface area contributed by atoms with Gasteiger partial charge in [0, 0.05) is 190 Å². The van der Waals surface area contributed by atoms with E-state index >= 15 is 0 Å². The number of nitrogens with zero attached hydrogens (tertiary/aromatic N) is 13. The highest BCUT2D eigenvalue weighted by molar-refractivity contribution is 5.87. The molecule has 4 aromatic carbocycles. The van der Waals surface area contributed by atoms with Crippen LogP contribution in [0.1, 0.15) is 27.7 Å². The summed E-state index contributed by atoms with van der Waals surface area (Å²) in [6.07, 6.45) is 16.7. The van der Waals surface area contributed by atoms with Crippen molar-refractivity contribution in [2.45, 2.75) is 39.8 Å². The van der Waals surface area contributed by atoms with E-state index in [-0.39, 0.29) is 11.6 Å². The molecule has 16 rings (SSSR count). The number of ether oxygens (including phenoxy) is 3. The molecule has 3 fully saturated rings. The number of piperazine rings is 2. The highest BCUT2D eigenvalue weighted by Crippen LogP contribution is 2.35. The molecule has 0 aliphatic carbocycles. The van der Waals surface area contributed by atoms with E-state index in [1.807, 2.05) is 70.1 Å². The lowest BCUT2D eigenvalue weighted by atomic mass is 10.1. The fraction of sp³-hybridized carbons (Fsp3) is 0.263. The summed E-state index contributed by atoms with van der Waals surface area (Å²) in [6.45, 7) is 21.2. The van der Waals surface area contributed by atoms with Gasteiger partial charge in [0.1, 0.15) is 0 Å². The Hall–Kier alpha value is -11.2. The summed E-state index contributed by atoms with van der Waals surface area (Å²) >= 11 is 0. The molecule has 98 heavy (non-hydrogen) atoms. The highest BCUT2D eigenvalue weighted by Gasteiger charge is 2.22. The number of imidazole rings is 3. The van der Waals surface area contributed by atoms with Gasteiger partial charge in [-0.3, -0.25) is 27.8 Å². The second-order valence-corrected chi connectivity index (χ2v) is 25.1. The van der Waals surface area contributed by atoms with Crippen LogP contribution in [-0.4, -0.2) is 163 Å². The van der Waals surface area contributed by atoms with Crippen molar-refractivity contribution in [3.8, 4) is 45.7 Å². The van der Waals surface area contributed by atoms with Crippen LogP contribution in [0.15, 0.2) is 206 Å². The Balaban J connectivity index is 0.000000126. The van der Waals surface area contributed by atoms with Crippen molar-refractivity contribution in [2.24, 2.45) is 0 Å². The van der Waals surface area contributed by atoms with Gasteiger partial charge in [-0.15, -0.1) is 0 Å². The largest absolute Gasteiger partial charge is 0.480 e. The van der Waals surface area contributed by atoms with Crippen molar-refractivity contribution in [3.63, 3.8) is 0 Å². The molecular weight excluding hydrogens is 1230 g/mol. The number of H-pyrrole nitrogens is 2. The smallest absolute Gasteiger partial charge is 0.319 e. The van der Waals surface area contributed by atoms with E-state index in [4.69, 9.17) is 14.2 Å². The van der Waals surface area contributed by atoms with Gasteiger partial charge in [-0.05, 0) is 167 Å². The molecule has 0 unspecified atom stereocenters. The molecular formula is C76H82N18O4. The highest BCUT2D eigenvalue weighted by atomic mass is 16.5. The quantitative estimate of drug-likeness (QED) is 0.0610. The van der Waals surface area contributed by atoms with Crippen LogP contribution >= 0.6 is 0 Å². The van der Waals surface area contributed by atoms with Crippen LogP contribution in [0.25, 0.3) is 61.6 Å². The molecule has 3 saturated heterocycles. The van der Waals surface area contributed by atoms with E-state index in [9.17, 15) is 4.79 Å². The second kappa shape index (κ2) is 29.0. The molecule has 12 heterocycles. The number of anilines is 9. The van der Waals surface area contributed by atoms with Crippen molar-refractivity contribution in [3.05, 3.63) is 212 Å². The van der Waals surface area contributed by atoms with Gasteiger partial charge in [-0.1, -0.05) is 6.07 Å². The van der Waals surface area contributed by atoms with E-state index in [1.165, 1.54) is 41.2 Å². The maximum atomic E-state index is 11.4. The minimum absolute atomic E-state index is 0.116. The number of aromatic amines is 2. The van der Waals surface area contributed by atoms with E-state index in [0.29, 0.717) is 18.0 Å². The molecule has 0 radical (unpaired) electrons. The molecule has 0 atom stereocenters. The minimum atomic E-state index is -0.116. The zero-order valence-corrected chi connectivity index (χ0v) is 56.1. The normalized spacial score (nSPS) is 14.6. The van der Waals surface area contributed by atoms with Crippen molar-refractivity contribution >= 4 is 79.0 Å². The zero-order valence-electron chi connectivity index (χ0n) is 56.1. The minimum Gasteiger partial charge on any atom is -0.480 e. The van der Waals surface area contributed by atoms with E-state index < -0.39 is 0 Å². The van der Waals surface area contributed by atoms with Crippen LogP contribution < -0.4 is 45.7 Å². The third-order valence-corrected chi connectivity index (χ3v) is 18.6. The number of fused-ring (bicyclic) bond motifs is 4. The van der Waals surface area contributed by atoms with Gasteiger partial charge in [0.25, 0.3) is 0 Å². The van der Waals surface area contributed by atoms with E-state index in [0.717, 1.165) is 163 Å². The van der Waals surface area contributed by atoms with E-state index in [2.05, 4.69) is 217 Å². The summed E-state index contributed by atoms with van der Waals surface area (Å²) in [4.78, 5) is 52.0. The number of hydrogen-bond acceptors (Lipinski definition) is 17. The topological polar surface area (TPSA) is 206 Å².